The van der Waals surface area contributed by atoms with Crippen LogP contribution in [0.3, 0.4) is 0 Å². The average molecular weight is 574 g/mol. The SMILES string of the molecule is CCCCNC(=O)[C@H](Cc1ccccc1)N(Cc1ccc(Cl)cc1)C(=O)CN(c1cccc(F)c1)S(C)(=O)=O. The summed E-state index contributed by atoms with van der Waals surface area (Å²) in [5, 5.41) is 3.44. The maximum atomic E-state index is 14.0. The Kier molecular flexibility index (Phi) is 10.9. The van der Waals surface area contributed by atoms with Crippen LogP contribution < -0.4 is 9.62 Å². The molecule has 0 saturated carbocycles. The standard InChI is InChI=1S/C29H33ClFN3O4S/c1-3-4-17-32-29(36)27(18-22-9-6-5-7-10-22)33(20-23-13-15-24(30)16-14-23)28(35)21-34(39(2,37)38)26-12-8-11-25(31)19-26/h5-16,19,27H,3-4,17-18,20-21H2,1-2H3,(H,32,36)/t27-/m0/s1. The number of sulfonamides is 1. The van der Waals surface area contributed by atoms with Crippen molar-refractivity contribution in [3.05, 3.63) is 101 Å². The Hall–Kier alpha value is -3.43. The zero-order chi connectivity index (χ0) is 28.4. The van der Waals surface area contributed by atoms with Crippen LogP contribution in [0.1, 0.15) is 30.9 Å². The average Bonchev–Trinajstić information content (AvgIpc) is 2.90. The Morgan fingerprint density at radius 3 is 2.28 bits per heavy atom. The molecule has 0 heterocycles. The number of anilines is 1. The molecule has 0 aliphatic carbocycles. The third kappa shape index (κ3) is 9.07. The lowest BCUT2D eigenvalue weighted by molar-refractivity contribution is -0.140. The predicted molar refractivity (Wildman–Crippen MR) is 152 cm³/mol. The van der Waals surface area contributed by atoms with E-state index < -0.39 is 34.3 Å². The Labute approximate surface area is 234 Å². The van der Waals surface area contributed by atoms with Gasteiger partial charge in [-0.2, -0.15) is 0 Å². The highest BCUT2D eigenvalue weighted by atomic mass is 35.5. The number of nitrogens with zero attached hydrogens (tertiary/aromatic N) is 2. The van der Waals surface area contributed by atoms with Crippen LogP contribution in [-0.2, 0) is 32.6 Å². The fourth-order valence-electron chi connectivity index (χ4n) is 4.09. The molecule has 0 bridgehead atoms. The van der Waals surface area contributed by atoms with E-state index in [1.807, 2.05) is 37.3 Å². The minimum Gasteiger partial charge on any atom is -0.354 e. The van der Waals surface area contributed by atoms with Crippen molar-refractivity contribution in [1.82, 2.24) is 10.2 Å². The molecule has 0 aliphatic rings. The molecule has 0 saturated heterocycles. The van der Waals surface area contributed by atoms with Crippen molar-refractivity contribution in [3.8, 4) is 0 Å². The van der Waals surface area contributed by atoms with Gasteiger partial charge in [0.1, 0.15) is 18.4 Å². The van der Waals surface area contributed by atoms with Crippen LogP contribution in [0.2, 0.25) is 5.02 Å². The van der Waals surface area contributed by atoms with Crippen LogP contribution in [0.15, 0.2) is 78.9 Å². The molecule has 0 unspecified atom stereocenters. The van der Waals surface area contributed by atoms with Crippen molar-refractivity contribution in [2.45, 2.75) is 38.8 Å². The summed E-state index contributed by atoms with van der Waals surface area (Å²) in [4.78, 5) is 28.8. The van der Waals surface area contributed by atoms with Gasteiger partial charge in [0.25, 0.3) is 0 Å². The smallest absolute Gasteiger partial charge is 0.244 e. The third-order valence-corrected chi connectivity index (χ3v) is 7.53. The lowest BCUT2D eigenvalue weighted by Gasteiger charge is -2.33. The first-order chi connectivity index (χ1) is 18.6. The lowest BCUT2D eigenvalue weighted by Crippen LogP contribution is -2.53. The van der Waals surface area contributed by atoms with Gasteiger partial charge < -0.3 is 10.2 Å². The Morgan fingerprint density at radius 2 is 1.67 bits per heavy atom. The molecule has 1 N–H and O–H groups in total. The van der Waals surface area contributed by atoms with E-state index in [0.29, 0.717) is 17.1 Å². The van der Waals surface area contributed by atoms with E-state index in [-0.39, 0.29) is 24.6 Å². The highest BCUT2D eigenvalue weighted by Crippen LogP contribution is 2.21. The topological polar surface area (TPSA) is 86.8 Å². The number of halogens is 2. The second-order valence-electron chi connectivity index (χ2n) is 9.25. The number of rotatable bonds is 13. The van der Waals surface area contributed by atoms with Crippen LogP contribution in [0.25, 0.3) is 0 Å². The van der Waals surface area contributed by atoms with Gasteiger partial charge in [-0.1, -0.05) is 73.5 Å². The largest absolute Gasteiger partial charge is 0.354 e. The molecule has 1 atom stereocenters. The van der Waals surface area contributed by atoms with E-state index in [1.54, 1.807) is 24.3 Å². The second-order valence-corrected chi connectivity index (χ2v) is 11.6. The van der Waals surface area contributed by atoms with Gasteiger partial charge in [-0.25, -0.2) is 12.8 Å². The Balaban J connectivity index is 2.02. The second kappa shape index (κ2) is 14.1. The molecule has 0 radical (unpaired) electrons. The number of carbonyl (C=O) groups excluding carboxylic acids is 2. The van der Waals surface area contributed by atoms with Crippen LogP contribution in [0.5, 0.6) is 0 Å². The molecule has 2 amide bonds. The summed E-state index contributed by atoms with van der Waals surface area (Å²) < 4.78 is 40.2. The van der Waals surface area contributed by atoms with Crippen LogP contribution in [-0.4, -0.2) is 50.5 Å². The first-order valence-electron chi connectivity index (χ1n) is 12.7. The fraction of sp³-hybridized carbons (Fsp3) is 0.310. The molecule has 39 heavy (non-hydrogen) atoms. The summed E-state index contributed by atoms with van der Waals surface area (Å²) in [6, 6.07) is 20.3. The number of carbonyl (C=O) groups is 2. The van der Waals surface area contributed by atoms with E-state index in [4.69, 9.17) is 11.6 Å². The van der Waals surface area contributed by atoms with Gasteiger partial charge in [0.2, 0.25) is 21.8 Å². The minimum absolute atomic E-state index is 0.0179. The van der Waals surface area contributed by atoms with Gasteiger partial charge in [-0.05, 0) is 47.9 Å². The highest BCUT2D eigenvalue weighted by molar-refractivity contribution is 7.92. The number of benzene rings is 3. The molecule has 0 spiro atoms. The van der Waals surface area contributed by atoms with Crippen LogP contribution >= 0.6 is 11.6 Å². The van der Waals surface area contributed by atoms with Crippen molar-refractivity contribution >= 4 is 39.1 Å². The van der Waals surface area contributed by atoms with Gasteiger partial charge in [0.15, 0.2) is 0 Å². The van der Waals surface area contributed by atoms with Crippen molar-refractivity contribution in [1.29, 1.82) is 0 Å². The molecule has 3 aromatic rings. The van der Waals surface area contributed by atoms with Crippen molar-refractivity contribution in [2.75, 3.05) is 23.7 Å². The van der Waals surface area contributed by atoms with Crippen LogP contribution in [0.4, 0.5) is 10.1 Å². The minimum atomic E-state index is -3.96. The van der Waals surface area contributed by atoms with E-state index >= 15 is 0 Å². The Bertz CT molecular complexity index is 1350. The molecular formula is C29H33ClFN3O4S. The maximum Gasteiger partial charge on any atom is 0.244 e. The molecular weight excluding hydrogens is 541 g/mol. The number of nitrogens with one attached hydrogen (secondary N) is 1. The summed E-state index contributed by atoms with van der Waals surface area (Å²) in [6.07, 6.45) is 2.83. The summed E-state index contributed by atoms with van der Waals surface area (Å²) >= 11 is 6.05. The number of hydrogen-bond donors (Lipinski definition) is 1. The third-order valence-electron chi connectivity index (χ3n) is 6.14. The predicted octanol–water partition coefficient (Wildman–Crippen LogP) is 4.80. The van der Waals surface area contributed by atoms with E-state index in [0.717, 1.165) is 35.0 Å². The van der Waals surface area contributed by atoms with Crippen molar-refractivity contribution in [2.24, 2.45) is 0 Å². The van der Waals surface area contributed by atoms with Crippen molar-refractivity contribution < 1.29 is 22.4 Å². The Morgan fingerprint density at radius 1 is 0.974 bits per heavy atom. The van der Waals surface area contributed by atoms with E-state index in [2.05, 4.69) is 5.32 Å². The summed E-state index contributed by atoms with van der Waals surface area (Å²) in [5.41, 5.74) is 1.57. The van der Waals surface area contributed by atoms with Gasteiger partial charge in [-0.3, -0.25) is 13.9 Å². The van der Waals surface area contributed by atoms with Crippen LogP contribution in [0, 0.1) is 5.82 Å². The summed E-state index contributed by atoms with van der Waals surface area (Å²) in [5.74, 6) is -1.58. The normalized spacial score (nSPS) is 12.0. The fourth-order valence-corrected chi connectivity index (χ4v) is 5.06. The maximum absolute atomic E-state index is 14.0. The molecule has 3 aromatic carbocycles. The number of unbranched alkanes of at least 4 members (excludes halogenated alkanes) is 1. The highest BCUT2D eigenvalue weighted by Gasteiger charge is 2.33. The van der Waals surface area contributed by atoms with Gasteiger partial charge >= 0.3 is 0 Å². The first-order valence-corrected chi connectivity index (χ1v) is 14.9. The number of hydrogen-bond acceptors (Lipinski definition) is 4. The van der Waals surface area contributed by atoms with Gasteiger partial charge in [0.05, 0.1) is 11.9 Å². The summed E-state index contributed by atoms with van der Waals surface area (Å²) in [6.45, 7) is 1.89. The molecule has 0 fully saturated rings. The molecule has 208 valence electrons. The zero-order valence-electron chi connectivity index (χ0n) is 22.0. The molecule has 0 aliphatic heterocycles. The lowest BCUT2D eigenvalue weighted by atomic mass is 10.0. The van der Waals surface area contributed by atoms with Gasteiger partial charge in [-0.15, -0.1) is 0 Å². The monoisotopic (exact) mass is 573 g/mol. The molecule has 7 nitrogen and oxygen atoms in total. The van der Waals surface area contributed by atoms with Crippen molar-refractivity contribution in [3.63, 3.8) is 0 Å². The zero-order valence-corrected chi connectivity index (χ0v) is 23.6. The van der Waals surface area contributed by atoms with E-state index in [1.165, 1.54) is 23.1 Å². The number of amides is 2. The van der Waals surface area contributed by atoms with E-state index in [9.17, 15) is 22.4 Å². The molecule has 3 rings (SSSR count). The summed E-state index contributed by atoms with van der Waals surface area (Å²) in [7, 11) is -3.96. The molecule has 0 aromatic heterocycles. The molecule has 10 heteroatoms. The quantitative estimate of drug-likeness (QED) is 0.298. The van der Waals surface area contributed by atoms with Gasteiger partial charge in [0, 0.05) is 24.5 Å². The first kappa shape index (κ1) is 30.1.